The van der Waals surface area contributed by atoms with Crippen LogP contribution in [0.5, 0.6) is 0 Å². The maximum Gasteiger partial charge on any atom is 0.123 e. The summed E-state index contributed by atoms with van der Waals surface area (Å²) in [6.45, 7) is 2.30. The van der Waals surface area contributed by atoms with Crippen molar-refractivity contribution in [1.29, 1.82) is 0 Å². The van der Waals surface area contributed by atoms with Crippen molar-refractivity contribution in [3.05, 3.63) is 95.3 Å². The van der Waals surface area contributed by atoms with Gasteiger partial charge >= 0.3 is 0 Å². The first kappa shape index (κ1) is 20.4. The van der Waals surface area contributed by atoms with Crippen molar-refractivity contribution in [2.45, 2.75) is 51.4 Å². The molecule has 3 aromatic rings. The van der Waals surface area contributed by atoms with Gasteiger partial charge < -0.3 is 0 Å². The minimum Gasteiger partial charge on any atom is -0.207 e. The van der Waals surface area contributed by atoms with E-state index in [1.807, 2.05) is 0 Å². The van der Waals surface area contributed by atoms with Crippen molar-refractivity contribution in [2.24, 2.45) is 5.92 Å². The molecule has 1 aliphatic carbocycles. The summed E-state index contributed by atoms with van der Waals surface area (Å²) in [6.07, 6.45) is 8.18. The van der Waals surface area contributed by atoms with E-state index in [4.69, 9.17) is 0 Å². The molecule has 152 valence electrons. The first-order valence-corrected chi connectivity index (χ1v) is 11.2. The summed E-state index contributed by atoms with van der Waals surface area (Å²) in [5.74, 6) is 7.69. The van der Waals surface area contributed by atoms with Crippen LogP contribution in [0.2, 0.25) is 0 Å². The van der Waals surface area contributed by atoms with E-state index in [2.05, 4.69) is 67.3 Å². The molecule has 0 aliphatic heterocycles. The van der Waals surface area contributed by atoms with Gasteiger partial charge in [-0.1, -0.05) is 68.0 Å². The van der Waals surface area contributed by atoms with E-state index in [0.717, 1.165) is 23.0 Å². The molecule has 0 aromatic heterocycles. The van der Waals surface area contributed by atoms with Gasteiger partial charge in [0.15, 0.2) is 0 Å². The molecule has 0 N–H and O–H groups in total. The summed E-state index contributed by atoms with van der Waals surface area (Å²) in [7, 11) is 0. The number of benzene rings is 3. The zero-order valence-electron chi connectivity index (χ0n) is 17.7. The molecular weight excluding hydrogens is 367 g/mol. The highest BCUT2D eigenvalue weighted by Crippen LogP contribution is 2.38. The Morgan fingerprint density at radius 2 is 1.20 bits per heavy atom. The van der Waals surface area contributed by atoms with Gasteiger partial charge in [0, 0.05) is 11.1 Å². The van der Waals surface area contributed by atoms with Crippen molar-refractivity contribution in [3.63, 3.8) is 0 Å². The summed E-state index contributed by atoms with van der Waals surface area (Å²) in [5.41, 5.74) is 5.73. The number of hydrogen-bond donors (Lipinski definition) is 0. The molecule has 30 heavy (non-hydrogen) atoms. The van der Waals surface area contributed by atoms with Gasteiger partial charge in [0.05, 0.1) is 0 Å². The van der Waals surface area contributed by atoms with Crippen LogP contribution in [0, 0.1) is 23.6 Å². The number of halogens is 1. The van der Waals surface area contributed by atoms with Gasteiger partial charge in [0.2, 0.25) is 0 Å². The van der Waals surface area contributed by atoms with Gasteiger partial charge in [0.25, 0.3) is 0 Å². The van der Waals surface area contributed by atoms with Gasteiger partial charge in [-0.25, -0.2) is 4.39 Å². The van der Waals surface area contributed by atoms with Gasteiger partial charge in [-0.3, -0.25) is 0 Å². The van der Waals surface area contributed by atoms with Gasteiger partial charge in [-0.05, 0) is 90.6 Å². The van der Waals surface area contributed by atoms with Crippen molar-refractivity contribution in [3.8, 4) is 23.0 Å². The predicted octanol–water partition coefficient (Wildman–Crippen LogP) is 7.97. The summed E-state index contributed by atoms with van der Waals surface area (Å²) in [6, 6.07) is 23.8. The molecule has 3 aromatic carbocycles. The molecule has 0 nitrogen and oxygen atoms in total. The molecule has 0 radical (unpaired) electrons. The van der Waals surface area contributed by atoms with Crippen LogP contribution in [-0.4, -0.2) is 0 Å². The van der Waals surface area contributed by atoms with E-state index >= 15 is 0 Å². The summed E-state index contributed by atoms with van der Waals surface area (Å²) >= 11 is 0. The van der Waals surface area contributed by atoms with Crippen molar-refractivity contribution < 1.29 is 4.39 Å². The topological polar surface area (TPSA) is 0 Å². The van der Waals surface area contributed by atoms with Gasteiger partial charge in [-0.2, -0.15) is 0 Å². The minimum absolute atomic E-state index is 0.236. The molecule has 0 unspecified atom stereocenters. The highest BCUT2D eigenvalue weighted by Gasteiger charge is 2.21. The molecule has 0 saturated heterocycles. The highest BCUT2D eigenvalue weighted by molar-refractivity contribution is 5.65. The molecular formula is C29H29F. The van der Waals surface area contributed by atoms with Crippen LogP contribution in [0.25, 0.3) is 11.1 Å². The van der Waals surface area contributed by atoms with E-state index in [-0.39, 0.29) is 5.82 Å². The van der Waals surface area contributed by atoms with Crippen molar-refractivity contribution >= 4 is 0 Å². The zero-order chi connectivity index (χ0) is 20.8. The fourth-order valence-electron chi connectivity index (χ4n) is 4.56. The fourth-order valence-corrected chi connectivity index (χ4v) is 4.56. The van der Waals surface area contributed by atoms with E-state index in [1.54, 1.807) is 12.1 Å². The Labute approximate surface area is 180 Å². The Bertz CT molecular complexity index is 993. The molecule has 0 heterocycles. The average molecular weight is 397 g/mol. The first-order chi connectivity index (χ1) is 14.7. The third-order valence-electron chi connectivity index (χ3n) is 6.34. The van der Waals surface area contributed by atoms with Crippen LogP contribution in [0.4, 0.5) is 4.39 Å². The Morgan fingerprint density at radius 1 is 0.700 bits per heavy atom. The molecule has 4 rings (SSSR count). The SMILES string of the molecule is CCCC1CCC(c2ccc(-c3ccc(C#Cc4ccc(F)cc4)cc3)cc2)CC1. The number of hydrogen-bond acceptors (Lipinski definition) is 0. The van der Waals surface area contributed by atoms with Crippen LogP contribution in [-0.2, 0) is 0 Å². The van der Waals surface area contributed by atoms with Gasteiger partial charge in [-0.15, -0.1) is 0 Å². The second-order valence-electron chi connectivity index (χ2n) is 8.46. The lowest BCUT2D eigenvalue weighted by Crippen LogP contribution is -2.13. The predicted molar refractivity (Wildman–Crippen MR) is 124 cm³/mol. The molecule has 0 amide bonds. The molecule has 0 atom stereocenters. The van der Waals surface area contributed by atoms with Crippen LogP contribution >= 0.6 is 0 Å². The second kappa shape index (κ2) is 9.77. The van der Waals surface area contributed by atoms with E-state index in [1.165, 1.54) is 67.3 Å². The third kappa shape index (κ3) is 5.19. The minimum atomic E-state index is -0.236. The quantitative estimate of drug-likeness (QED) is 0.392. The summed E-state index contributed by atoms with van der Waals surface area (Å²) < 4.78 is 13.0. The Morgan fingerprint density at radius 3 is 1.73 bits per heavy atom. The maximum atomic E-state index is 13.0. The van der Waals surface area contributed by atoms with Crippen LogP contribution in [0.1, 0.15) is 68.1 Å². The molecule has 1 fully saturated rings. The standard InChI is InChI=1S/C29H29F/c1-2-3-22-6-12-25(13-7-22)27-16-18-28(19-17-27)26-14-8-23(9-15-26)4-5-24-10-20-29(30)21-11-24/h8-11,14-22,25H,2-3,6-7,12-13H2,1H3. The van der Waals surface area contributed by atoms with E-state index in [0.29, 0.717) is 0 Å². The van der Waals surface area contributed by atoms with Gasteiger partial charge in [0.1, 0.15) is 5.82 Å². The van der Waals surface area contributed by atoms with E-state index < -0.39 is 0 Å². The van der Waals surface area contributed by atoms with Crippen molar-refractivity contribution in [1.82, 2.24) is 0 Å². The Kier molecular flexibility index (Phi) is 6.65. The third-order valence-corrected chi connectivity index (χ3v) is 6.34. The zero-order valence-corrected chi connectivity index (χ0v) is 17.7. The Balaban J connectivity index is 1.39. The number of rotatable bonds is 4. The second-order valence-corrected chi connectivity index (χ2v) is 8.46. The molecule has 0 spiro atoms. The lowest BCUT2D eigenvalue weighted by molar-refractivity contribution is 0.308. The summed E-state index contributed by atoms with van der Waals surface area (Å²) in [4.78, 5) is 0. The molecule has 1 saturated carbocycles. The van der Waals surface area contributed by atoms with Crippen LogP contribution in [0.15, 0.2) is 72.8 Å². The largest absolute Gasteiger partial charge is 0.207 e. The van der Waals surface area contributed by atoms with Crippen molar-refractivity contribution in [2.75, 3.05) is 0 Å². The molecule has 0 bridgehead atoms. The lowest BCUT2D eigenvalue weighted by atomic mass is 9.77. The Hall–Kier alpha value is -2.85. The highest BCUT2D eigenvalue weighted by atomic mass is 19.1. The average Bonchev–Trinajstić information content (AvgIpc) is 2.80. The normalized spacial score (nSPS) is 18.5. The molecule has 1 aliphatic rings. The summed E-state index contributed by atoms with van der Waals surface area (Å²) in [5, 5.41) is 0. The maximum absolute atomic E-state index is 13.0. The lowest BCUT2D eigenvalue weighted by Gasteiger charge is -2.28. The first-order valence-electron chi connectivity index (χ1n) is 11.2. The molecule has 1 heteroatoms. The van der Waals surface area contributed by atoms with E-state index in [9.17, 15) is 4.39 Å². The van der Waals surface area contributed by atoms with Crippen LogP contribution < -0.4 is 0 Å². The smallest absolute Gasteiger partial charge is 0.123 e. The fraction of sp³-hybridized carbons (Fsp3) is 0.310. The van der Waals surface area contributed by atoms with Crippen LogP contribution in [0.3, 0.4) is 0 Å². The monoisotopic (exact) mass is 396 g/mol.